The van der Waals surface area contributed by atoms with Crippen LogP contribution in [0.1, 0.15) is 12.2 Å². The van der Waals surface area contributed by atoms with Gasteiger partial charge in [-0.25, -0.2) is 18.1 Å². The van der Waals surface area contributed by atoms with E-state index in [4.69, 9.17) is 0 Å². The summed E-state index contributed by atoms with van der Waals surface area (Å²) in [6.45, 7) is 2.57. The molecule has 2 aromatic heterocycles. The molecule has 30 heavy (non-hydrogen) atoms. The van der Waals surface area contributed by atoms with Crippen molar-refractivity contribution < 1.29 is 26.3 Å². The van der Waals surface area contributed by atoms with Crippen LogP contribution in [0.15, 0.2) is 41.6 Å². The molecule has 1 N–H and O–H groups in total. The molecule has 4 rings (SSSR count). The highest BCUT2D eigenvalue weighted by Gasteiger charge is 2.35. The number of anilines is 1. The van der Waals surface area contributed by atoms with Crippen molar-refractivity contribution in [3.05, 3.63) is 42.5 Å². The van der Waals surface area contributed by atoms with Gasteiger partial charge in [-0.05, 0) is 25.5 Å². The second-order valence-corrected chi connectivity index (χ2v) is 8.42. The third-order valence-corrected chi connectivity index (χ3v) is 6.21. The zero-order chi connectivity index (χ0) is 21.5. The minimum atomic E-state index is -5.00. The molecule has 0 saturated carbocycles. The van der Waals surface area contributed by atoms with Crippen LogP contribution in [-0.4, -0.2) is 53.5 Å². The van der Waals surface area contributed by atoms with Crippen LogP contribution >= 0.6 is 0 Å². The van der Waals surface area contributed by atoms with Crippen molar-refractivity contribution >= 4 is 21.5 Å². The van der Waals surface area contributed by atoms with Gasteiger partial charge in [0.25, 0.3) is 0 Å². The standard InChI is InChI=1S/C17H17F3N6O3S/c1-11-22-23-16-15(21-7-9-26(11)16)25-8-6-12(10-25)24-30(27,28)14-5-3-2-4-13(14)29-17(18,19)20/h2-5,7,9,12,24H,6,8,10H2,1H3/t12-/m1/s1. The first-order chi connectivity index (χ1) is 14.1. The molecule has 0 amide bonds. The van der Waals surface area contributed by atoms with Gasteiger partial charge in [-0.3, -0.25) is 4.40 Å². The molecule has 0 radical (unpaired) electrons. The van der Waals surface area contributed by atoms with E-state index < -0.39 is 33.1 Å². The van der Waals surface area contributed by atoms with E-state index in [1.165, 1.54) is 12.1 Å². The molecule has 3 aromatic rings. The number of alkyl halides is 3. The van der Waals surface area contributed by atoms with Gasteiger partial charge in [-0.15, -0.1) is 23.4 Å². The second kappa shape index (κ2) is 7.40. The lowest BCUT2D eigenvalue weighted by atomic mass is 10.3. The molecule has 1 aromatic carbocycles. The number of sulfonamides is 1. The van der Waals surface area contributed by atoms with Crippen molar-refractivity contribution in [1.82, 2.24) is 24.3 Å². The molecule has 0 bridgehead atoms. The lowest BCUT2D eigenvalue weighted by molar-refractivity contribution is -0.275. The predicted molar refractivity (Wildman–Crippen MR) is 99.6 cm³/mol. The Kier molecular flexibility index (Phi) is 5.02. The highest BCUT2D eigenvalue weighted by Crippen LogP contribution is 2.30. The van der Waals surface area contributed by atoms with Gasteiger partial charge in [0.15, 0.2) is 5.82 Å². The summed E-state index contributed by atoms with van der Waals surface area (Å²) in [5, 5.41) is 8.12. The quantitative estimate of drug-likeness (QED) is 0.644. The van der Waals surface area contributed by atoms with Gasteiger partial charge in [-0.1, -0.05) is 12.1 Å². The first-order valence-electron chi connectivity index (χ1n) is 8.92. The first-order valence-corrected chi connectivity index (χ1v) is 10.4. The van der Waals surface area contributed by atoms with Crippen molar-refractivity contribution in [2.75, 3.05) is 18.0 Å². The van der Waals surface area contributed by atoms with Crippen LogP contribution in [-0.2, 0) is 10.0 Å². The largest absolute Gasteiger partial charge is 0.573 e. The summed E-state index contributed by atoms with van der Waals surface area (Å²) in [5.74, 6) is 0.463. The fourth-order valence-electron chi connectivity index (χ4n) is 3.36. The highest BCUT2D eigenvalue weighted by atomic mass is 32.2. The van der Waals surface area contributed by atoms with Gasteiger partial charge in [-0.2, -0.15) is 0 Å². The number of rotatable bonds is 5. The van der Waals surface area contributed by atoms with Gasteiger partial charge >= 0.3 is 6.36 Å². The van der Waals surface area contributed by atoms with Crippen molar-refractivity contribution in [3.63, 3.8) is 0 Å². The topological polar surface area (TPSA) is 102 Å². The highest BCUT2D eigenvalue weighted by molar-refractivity contribution is 7.89. The molecule has 13 heteroatoms. The fraction of sp³-hybridized carbons (Fsp3) is 0.353. The summed E-state index contributed by atoms with van der Waals surface area (Å²) in [6.07, 6.45) is -1.24. The maximum Gasteiger partial charge on any atom is 0.573 e. The average Bonchev–Trinajstić information content (AvgIpc) is 3.27. The third-order valence-electron chi connectivity index (χ3n) is 4.65. The molecule has 9 nitrogen and oxygen atoms in total. The van der Waals surface area contributed by atoms with Crippen LogP contribution in [0.3, 0.4) is 0 Å². The Morgan fingerprint density at radius 3 is 2.77 bits per heavy atom. The number of hydrogen-bond acceptors (Lipinski definition) is 7. The average molecular weight is 442 g/mol. The van der Waals surface area contributed by atoms with Crippen molar-refractivity contribution in [2.24, 2.45) is 0 Å². The summed E-state index contributed by atoms with van der Waals surface area (Å²) in [5.41, 5.74) is 0.544. The lowest BCUT2D eigenvalue weighted by Gasteiger charge is -2.19. The summed E-state index contributed by atoms with van der Waals surface area (Å²) in [4.78, 5) is 5.61. The smallest absolute Gasteiger partial charge is 0.404 e. The molecule has 160 valence electrons. The Morgan fingerprint density at radius 2 is 2.00 bits per heavy atom. The molecule has 1 atom stereocenters. The Hall–Kier alpha value is -2.93. The Labute approximate surface area is 169 Å². The number of halogens is 3. The number of nitrogens with one attached hydrogen (secondary N) is 1. The zero-order valence-electron chi connectivity index (χ0n) is 15.7. The van der Waals surface area contributed by atoms with E-state index in [0.29, 0.717) is 30.3 Å². The number of para-hydroxylation sites is 1. The minimum Gasteiger partial charge on any atom is -0.404 e. The summed E-state index contributed by atoms with van der Waals surface area (Å²) in [6, 6.07) is 4.10. The van der Waals surface area contributed by atoms with Gasteiger partial charge in [0.2, 0.25) is 15.7 Å². The molecule has 1 saturated heterocycles. The van der Waals surface area contributed by atoms with Crippen LogP contribution in [0.2, 0.25) is 0 Å². The molecule has 0 aliphatic carbocycles. The third kappa shape index (κ3) is 4.03. The number of ether oxygens (including phenoxy) is 1. The molecule has 1 aliphatic heterocycles. The van der Waals surface area contributed by atoms with Gasteiger partial charge in [0, 0.05) is 31.5 Å². The van der Waals surface area contributed by atoms with E-state index in [1.807, 2.05) is 4.90 Å². The number of fused-ring (bicyclic) bond motifs is 1. The first kappa shape index (κ1) is 20.3. The second-order valence-electron chi connectivity index (χ2n) is 6.74. The van der Waals surface area contributed by atoms with Crippen LogP contribution < -0.4 is 14.4 Å². The fourth-order valence-corrected chi connectivity index (χ4v) is 4.76. The van der Waals surface area contributed by atoms with E-state index in [0.717, 1.165) is 12.1 Å². The predicted octanol–water partition coefficient (Wildman–Crippen LogP) is 1.89. The van der Waals surface area contributed by atoms with Gasteiger partial charge in [0.05, 0.1) is 0 Å². The van der Waals surface area contributed by atoms with Crippen molar-refractivity contribution in [1.29, 1.82) is 0 Å². The van der Waals surface area contributed by atoms with Gasteiger partial charge < -0.3 is 9.64 Å². The number of nitrogens with zero attached hydrogens (tertiary/aromatic N) is 5. The number of aromatic nitrogens is 4. The molecule has 0 unspecified atom stereocenters. The van der Waals surface area contributed by atoms with Gasteiger partial charge in [0.1, 0.15) is 16.5 Å². The summed E-state index contributed by atoms with van der Waals surface area (Å²) >= 11 is 0. The van der Waals surface area contributed by atoms with E-state index in [-0.39, 0.29) is 6.54 Å². The van der Waals surface area contributed by atoms with Crippen LogP contribution in [0.4, 0.5) is 19.0 Å². The maximum atomic E-state index is 12.7. The van der Waals surface area contributed by atoms with E-state index >= 15 is 0 Å². The number of hydrogen-bond donors (Lipinski definition) is 1. The number of aryl methyl sites for hydroxylation is 1. The normalized spacial score (nSPS) is 17.6. The summed E-state index contributed by atoms with van der Waals surface area (Å²) < 4.78 is 71.4. The van der Waals surface area contributed by atoms with Crippen LogP contribution in [0.5, 0.6) is 5.75 Å². The summed E-state index contributed by atoms with van der Waals surface area (Å²) in [7, 11) is -4.25. The van der Waals surface area contributed by atoms with Crippen LogP contribution in [0, 0.1) is 6.92 Å². The Bertz CT molecular complexity index is 1180. The Morgan fingerprint density at radius 1 is 1.23 bits per heavy atom. The molecule has 0 spiro atoms. The zero-order valence-corrected chi connectivity index (χ0v) is 16.5. The molecule has 3 heterocycles. The molecular formula is C17H17F3N6O3S. The maximum absolute atomic E-state index is 12.7. The Balaban J connectivity index is 1.53. The lowest BCUT2D eigenvalue weighted by Crippen LogP contribution is -2.37. The van der Waals surface area contributed by atoms with Crippen LogP contribution in [0.25, 0.3) is 5.65 Å². The van der Waals surface area contributed by atoms with E-state index in [2.05, 4.69) is 24.6 Å². The number of benzene rings is 1. The SMILES string of the molecule is Cc1nnc2c(N3CC[C@@H](NS(=O)(=O)c4ccccc4OC(F)(F)F)C3)nccn12. The van der Waals surface area contributed by atoms with E-state index in [1.54, 1.807) is 23.7 Å². The monoisotopic (exact) mass is 442 g/mol. The molecular weight excluding hydrogens is 425 g/mol. The minimum absolute atomic E-state index is 0.278. The van der Waals surface area contributed by atoms with E-state index in [9.17, 15) is 21.6 Å². The molecule has 1 fully saturated rings. The van der Waals surface area contributed by atoms with Crippen molar-refractivity contribution in [3.8, 4) is 5.75 Å². The molecule has 1 aliphatic rings. The van der Waals surface area contributed by atoms with Crippen molar-refractivity contribution in [2.45, 2.75) is 30.6 Å².